The van der Waals surface area contributed by atoms with E-state index in [1.807, 2.05) is 11.8 Å². The fourth-order valence-corrected chi connectivity index (χ4v) is 2.12. The summed E-state index contributed by atoms with van der Waals surface area (Å²) in [6, 6.07) is 2.32. The lowest BCUT2D eigenvalue weighted by molar-refractivity contribution is -0.141. The second-order valence-electron chi connectivity index (χ2n) is 4.90. The van der Waals surface area contributed by atoms with Gasteiger partial charge in [0.05, 0.1) is 5.56 Å². The van der Waals surface area contributed by atoms with Crippen LogP contribution in [-0.2, 0) is 6.18 Å². The zero-order chi connectivity index (χ0) is 14.9. The molecule has 20 heavy (non-hydrogen) atoms. The number of nitrogens with one attached hydrogen (secondary N) is 1. The molecule has 110 valence electrons. The van der Waals surface area contributed by atoms with E-state index in [4.69, 9.17) is 11.1 Å². The summed E-state index contributed by atoms with van der Waals surface area (Å²) >= 11 is 0. The van der Waals surface area contributed by atoms with Gasteiger partial charge in [-0.1, -0.05) is 6.92 Å². The van der Waals surface area contributed by atoms with Gasteiger partial charge >= 0.3 is 6.18 Å². The Morgan fingerprint density at radius 1 is 1.45 bits per heavy atom. The van der Waals surface area contributed by atoms with E-state index in [9.17, 15) is 13.2 Å². The van der Waals surface area contributed by atoms with E-state index < -0.39 is 11.9 Å². The summed E-state index contributed by atoms with van der Waals surface area (Å²) in [6.07, 6.45) is -1.82. The normalized spacial score (nSPS) is 15.2. The van der Waals surface area contributed by atoms with Gasteiger partial charge in [0.2, 0.25) is 0 Å². The van der Waals surface area contributed by atoms with Gasteiger partial charge in [-0.25, -0.2) is 4.98 Å². The van der Waals surface area contributed by atoms with Crippen LogP contribution in [0.15, 0.2) is 12.1 Å². The lowest BCUT2D eigenvalue weighted by Gasteiger charge is -2.26. The van der Waals surface area contributed by atoms with Crippen molar-refractivity contribution < 1.29 is 13.2 Å². The number of aromatic nitrogens is 1. The summed E-state index contributed by atoms with van der Waals surface area (Å²) in [5, 5.41) is 7.52. The molecule has 1 fully saturated rings. The summed E-state index contributed by atoms with van der Waals surface area (Å²) in [5.41, 5.74) is 4.78. The number of nitrogens with two attached hydrogens (primary N) is 1. The Labute approximate surface area is 115 Å². The van der Waals surface area contributed by atoms with Crippen LogP contribution in [-0.4, -0.2) is 23.4 Å². The first-order chi connectivity index (χ1) is 9.34. The third kappa shape index (κ3) is 3.02. The van der Waals surface area contributed by atoms with E-state index in [-0.39, 0.29) is 23.3 Å². The van der Waals surface area contributed by atoms with Crippen LogP contribution in [0.5, 0.6) is 0 Å². The average Bonchev–Trinajstić information content (AvgIpc) is 3.18. The van der Waals surface area contributed by atoms with Gasteiger partial charge in [0.15, 0.2) is 0 Å². The molecule has 0 radical (unpaired) electrons. The van der Waals surface area contributed by atoms with E-state index in [1.165, 1.54) is 6.07 Å². The van der Waals surface area contributed by atoms with E-state index in [2.05, 4.69) is 4.98 Å². The molecule has 1 aromatic rings. The Bertz CT molecular complexity index is 509. The van der Waals surface area contributed by atoms with Crippen molar-refractivity contribution in [3.8, 4) is 0 Å². The zero-order valence-electron chi connectivity index (χ0n) is 11.2. The minimum atomic E-state index is -4.49. The number of amidine groups is 1. The highest BCUT2D eigenvalue weighted by Gasteiger charge is 2.36. The number of hydrogen-bond acceptors (Lipinski definition) is 3. The first-order valence-corrected chi connectivity index (χ1v) is 6.54. The van der Waals surface area contributed by atoms with E-state index in [0.717, 1.165) is 25.3 Å². The molecule has 0 saturated heterocycles. The lowest BCUT2D eigenvalue weighted by atomic mass is 10.2. The molecule has 0 spiro atoms. The number of rotatable bonds is 5. The number of halogens is 3. The first-order valence-electron chi connectivity index (χ1n) is 6.54. The van der Waals surface area contributed by atoms with Crippen molar-refractivity contribution in [2.75, 3.05) is 11.4 Å². The highest BCUT2D eigenvalue weighted by molar-refractivity contribution is 5.99. The monoisotopic (exact) mass is 286 g/mol. The molecule has 0 amide bonds. The highest BCUT2D eigenvalue weighted by atomic mass is 19.4. The van der Waals surface area contributed by atoms with Gasteiger partial charge < -0.3 is 10.6 Å². The number of alkyl halides is 3. The van der Waals surface area contributed by atoms with E-state index in [0.29, 0.717) is 6.54 Å². The molecule has 1 heterocycles. The predicted molar refractivity (Wildman–Crippen MR) is 70.9 cm³/mol. The van der Waals surface area contributed by atoms with Crippen LogP contribution >= 0.6 is 0 Å². The Balaban J connectivity index is 2.48. The van der Waals surface area contributed by atoms with Gasteiger partial charge in [0.25, 0.3) is 0 Å². The fraction of sp³-hybridized carbons (Fsp3) is 0.538. The summed E-state index contributed by atoms with van der Waals surface area (Å²) in [7, 11) is 0. The van der Waals surface area contributed by atoms with Crippen LogP contribution in [0, 0.1) is 5.41 Å². The Kier molecular flexibility index (Phi) is 3.87. The maximum atomic E-state index is 12.8. The van der Waals surface area contributed by atoms with Crippen molar-refractivity contribution in [3.05, 3.63) is 23.4 Å². The molecule has 7 heteroatoms. The minimum absolute atomic E-state index is 0.177. The molecule has 1 aliphatic carbocycles. The molecule has 0 unspecified atom stereocenters. The van der Waals surface area contributed by atoms with Gasteiger partial charge in [0, 0.05) is 12.6 Å². The maximum Gasteiger partial charge on any atom is 0.433 e. The summed E-state index contributed by atoms with van der Waals surface area (Å²) in [6.45, 7) is 2.57. The SMILES string of the molecule is CCCN(c1nc(C(F)(F)F)ccc1C(=N)N)C1CC1. The van der Waals surface area contributed by atoms with Crippen molar-refractivity contribution in [2.24, 2.45) is 5.73 Å². The van der Waals surface area contributed by atoms with Crippen LogP contribution in [0.25, 0.3) is 0 Å². The number of hydrogen-bond donors (Lipinski definition) is 2. The van der Waals surface area contributed by atoms with Crippen molar-refractivity contribution in [2.45, 2.75) is 38.4 Å². The van der Waals surface area contributed by atoms with Crippen LogP contribution in [0.3, 0.4) is 0 Å². The summed E-state index contributed by atoms with van der Waals surface area (Å²) < 4.78 is 38.4. The molecule has 1 aliphatic rings. The third-order valence-electron chi connectivity index (χ3n) is 3.18. The second-order valence-corrected chi connectivity index (χ2v) is 4.90. The number of anilines is 1. The molecular weight excluding hydrogens is 269 g/mol. The number of nitrogen functional groups attached to an aromatic ring is 1. The van der Waals surface area contributed by atoms with Crippen LogP contribution < -0.4 is 10.6 Å². The Morgan fingerprint density at radius 3 is 2.55 bits per heavy atom. The van der Waals surface area contributed by atoms with Crippen molar-refractivity contribution in [1.82, 2.24) is 4.98 Å². The quantitative estimate of drug-likeness (QED) is 0.646. The van der Waals surface area contributed by atoms with Crippen LogP contribution in [0.4, 0.5) is 19.0 Å². The molecule has 4 nitrogen and oxygen atoms in total. The number of pyridine rings is 1. The van der Waals surface area contributed by atoms with E-state index in [1.54, 1.807) is 0 Å². The lowest BCUT2D eigenvalue weighted by Crippen LogP contribution is -2.31. The molecule has 2 rings (SSSR count). The van der Waals surface area contributed by atoms with Gasteiger partial charge in [-0.15, -0.1) is 0 Å². The summed E-state index contributed by atoms with van der Waals surface area (Å²) in [4.78, 5) is 5.56. The van der Waals surface area contributed by atoms with Gasteiger partial charge in [-0.2, -0.15) is 13.2 Å². The van der Waals surface area contributed by atoms with Crippen LogP contribution in [0.1, 0.15) is 37.4 Å². The smallest absolute Gasteiger partial charge is 0.384 e. The van der Waals surface area contributed by atoms with Gasteiger partial charge in [-0.05, 0) is 31.4 Å². The minimum Gasteiger partial charge on any atom is -0.384 e. The standard InChI is InChI=1S/C13H17F3N4/c1-2-7-20(8-3-4-8)12-9(11(17)18)5-6-10(19-12)13(14,15)16/h5-6,8H,2-4,7H2,1H3,(H3,17,18). The molecule has 0 bridgehead atoms. The Hall–Kier alpha value is -1.79. The highest BCUT2D eigenvalue weighted by Crippen LogP contribution is 2.35. The molecule has 0 aromatic carbocycles. The van der Waals surface area contributed by atoms with Gasteiger partial charge in [0.1, 0.15) is 17.3 Å². The molecular formula is C13H17F3N4. The topological polar surface area (TPSA) is 66.0 Å². The molecule has 3 N–H and O–H groups in total. The first kappa shape index (κ1) is 14.6. The van der Waals surface area contributed by atoms with Crippen molar-refractivity contribution in [3.63, 3.8) is 0 Å². The largest absolute Gasteiger partial charge is 0.433 e. The third-order valence-corrected chi connectivity index (χ3v) is 3.18. The predicted octanol–water partition coefficient (Wildman–Crippen LogP) is 2.76. The average molecular weight is 286 g/mol. The van der Waals surface area contributed by atoms with Gasteiger partial charge in [-0.3, -0.25) is 5.41 Å². The van der Waals surface area contributed by atoms with Crippen molar-refractivity contribution in [1.29, 1.82) is 5.41 Å². The van der Waals surface area contributed by atoms with Crippen molar-refractivity contribution >= 4 is 11.7 Å². The second kappa shape index (κ2) is 5.30. The van der Waals surface area contributed by atoms with Crippen LogP contribution in [0.2, 0.25) is 0 Å². The Morgan fingerprint density at radius 2 is 2.10 bits per heavy atom. The number of nitrogens with zero attached hydrogens (tertiary/aromatic N) is 2. The maximum absolute atomic E-state index is 12.8. The molecule has 1 saturated carbocycles. The van der Waals surface area contributed by atoms with E-state index >= 15 is 0 Å². The fourth-order valence-electron chi connectivity index (χ4n) is 2.12. The molecule has 1 aromatic heterocycles. The molecule has 0 aliphatic heterocycles. The zero-order valence-corrected chi connectivity index (χ0v) is 11.2. The summed E-state index contributed by atoms with van der Waals surface area (Å²) in [5.74, 6) is -0.0837. The molecule has 0 atom stereocenters.